The lowest BCUT2D eigenvalue weighted by molar-refractivity contribution is -0.134. The number of amides is 1. The molecule has 82 valence electrons. The second kappa shape index (κ2) is 4.78. The SMILES string of the molecule is CC(OC1CCC(C)C(C)C1)C(N)=O. The van der Waals surface area contributed by atoms with E-state index in [9.17, 15) is 4.79 Å². The normalized spacial score (nSPS) is 35.2. The van der Waals surface area contributed by atoms with E-state index in [2.05, 4.69) is 13.8 Å². The number of ether oxygens (including phenoxy) is 1. The van der Waals surface area contributed by atoms with Gasteiger partial charge >= 0.3 is 0 Å². The summed E-state index contributed by atoms with van der Waals surface area (Å²) >= 11 is 0. The molecule has 1 fully saturated rings. The maximum Gasteiger partial charge on any atom is 0.246 e. The van der Waals surface area contributed by atoms with Crippen LogP contribution >= 0.6 is 0 Å². The number of rotatable bonds is 3. The molecule has 0 saturated heterocycles. The van der Waals surface area contributed by atoms with E-state index in [1.165, 1.54) is 6.42 Å². The topological polar surface area (TPSA) is 52.3 Å². The van der Waals surface area contributed by atoms with Gasteiger partial charge in [-0.15, -0.1) is 0 Å². The molecule has 3 heteroatoms. The fourth-order valence-corrected chi connectivity index (χ4v) is 1.98. The van der Waals surface area contributed by atoms with E-state index in [0.29, 0.717) is 5.92 Å². The van der Waals surface area contributed by atoms with Crippen LogP contribution in [0, 0.1) is 11.8 Å². The van der Waals surface area contributed by atoms with Gasteiger partial charge < -0.3 is 10.5 Å². The Morgan fingerprint density at radius 2 is 2.00 bits per heavy atom. The van der Waals surface area contributed by atoms with Crippen LogP contribution in [0.2, 0.25) is 0 Å². The van der Waals surface area contributed by atoms with Crippen LogP contribution in [-0.4, -0.2) is 18.1 Å². The lowest BCUT2D eigenvalue weighted by Crippen LogP contribution is -2.35. The third-order valence-corrected chi connectivity index (χ3v) is 3.35. The summed E-state index contributed by atoms with van der Waals surface area (Å²) in [6, 6.07) is 0. The third-order valence-electron chi connectivity index (χ3n) is 3.35. The molecule has 0 heterocycles. The van der Waals surface area contributed by atoms with Crippen LogP contribution in [0.4, 0.5) is 0 Å². The largest absolute Gasteiger partial charge is 0.367 e. The Balaban J connectivity index is 2.36. The van der Waals surface area contributed by atoms with E-state index >= 15 is 0 Å². The molecule has 3 nitrogen and oxygen atoms in total. The minimum Gasteiger partial charge on any atom is -0.367 e. The highest BCUT2D eigenvalue weighted by atomic mass is 16.5. The number of hydrogen-bond donors (Lipinski definition) is 1. The summed E-state index contributed by atoms with van der Waals surface area (Å²) in [5, 5.41) is 0. The first-order valence-electron chi connectivity index (χ1n) is 5.45. The first-order chi connectivity index (χ1) is 6.50. The predicted octanol–water partition coefficient (Wildman–Crippen LogP) is 1.70. The molecule has 1 saturated carbocycles. The van der Waals surface area contributed by atoms with E-state index < -0.39 is 6.10 Å². The Labute approximate surface area is 86.0 Å². The van der Waals surface area contributed by atoms with Crippen molar-refractivity contribution < 1.29 is 9.53 Å². The van der Waals surface area contributed by atoms with Gasteiger partial charge in [0.2, 0.25) is 5.91 Å². The maximum atomic E-state index is 10.8. The average molecular weight is 199 g/mol. The highest BCUT2D eigenvalue weighted by molar-refractivity contribution is 5.78. The summed E-state index contributed by atoms with van der Waals surface area (Å²) in [4.78, 5) is 10.8. The van der Waals surface area contributed by atoms with Crippen LogP contribution in [0.1, 0.15) is 40.0 Å². The van der Waals surface area contributed by atoms with Crippen molar-refractivity contribution in [1.82, 2.24) is 0 Å². The summed E-state index contributed by atoms with van der Waals surface area (Å²) in [6.45, 7) is 6.25. The zero-order chi connectivity index (χ0) is 10.7. The van der Waals surface area contributed by atoms with Gasteiger partial charge in [0.15, 0.2) is 0 Å². The predicted molar refractivity (Wildman–Crippen MR) is 55.7 cm³/mol. The van der Waals surface area contributed by atoms with E-state index in [1.54, 1.807) is 6.92 Å². The van der Waals surface area contributed by atoms with Gasteiger partial charge in [-0.3, -0.25) is 4.79 Å². The van der Waals surface area contributed by atoms with Gasteiger partial charge in [0.25, 0.3) is 0 Å². The summed E-state index contributed by atoms with van der Waals surface area (Å²) < 4.78 is 5.60. The molecule has 0 spiro atoms. The highest BCUT2D eigenvalue weighted by Crippen LogP contribution is 2.31. The quantitative estimate of drug-likeness (QED) is 0.752. The molecule has 14 heavy (non-hydrogen) atoms. The monoisotopic (exact) mass is 199 g/mol. The van der Waals surface area contributed by atoms with Gasteiger partial charge in [-0.1, -0.05) is 13.8 Å². The van der Waals surface area contributed by atoms with E-state index in [0.717, 1.165) is 18.8 Å². The maximum absolute atomic E-state index is 10.8. The summed E-state index contributed by atoms with van der Waals surface area (Å²) in [5.41, 5.74) is 5.15. The molecule has 0 bridgehead atoms. The van der Waals surface area contributed by atoms with Gasteiger partial charge in [-0.25, -0.2) is 0 Å². The molecule has 4 unspecified atom stereocenters. The minimum absolute atomic E-state index is 0.226. The molecule has 1 amide bonds. The minimum atomic E-state index is -0.444. The Bertz CT molecular complexity index is 205. The van der Waals surface area contributed by atoms with Crippen LogP contribution in [0.25, 0.3) is 0 Å². The molecule has 0 radical (unpaired) electrons. The van der Waals surface area contributed by atoms with Crippen LogP contribution in [0.5, 0.6) is 0 Å². The van der Waals surface area contributed by atoms with Crippen molar-refractivity contribution in [3.63, 3.8) is 0 Å². The summed E-state index contributed by atoms with van der Waals surface area (Å²) in [7, 11) is 0. The number of primary amides is 1. The van der Waals surface area contributed by atoms with E-state index in [1.807, 2.05) is 0 Å². The second-order valence-electron chi connectivity index (χ2n) is 4.57. The van der Waals surface area contributed by atoms with Crippen molar-refractivity contribution in [2.75, 3.05) is 0 Å². The average Bonchev–Trinajstić information content (AvgIpc) is 2.11. The standard InChI is InChI=1S/C11H21NO2/c1-7-4-5-10(6-8(7)2)14-9(3)11(12)13/h7-10H,4-6H2,1-3H3,(H2,12,13). The highest BCUT2D eigenvalue weighted by Gasteiger charge is 2.27. The first kappa shape index (κ1) is 11.5. The van der Waals surface area contributed by atoms with Gasteiger partial charge in [-0.2, -0.15) is 0 Å². The van der Waals surface area contributed by atoms with Crippen molar-refractivity contribution in [3.8, 4) is 0 Å². The summed E-state index contributed by atoms with van der Waals surface area (Å²) in [5.74, 6) is 1.10. The first-order valence-corrected chi connectivity index (χ1v) is 5.45. The van der Waals surface area contributed by atoms with Crippen LogP contribution in [0.3, 0.4) is 0 Å². The number of hydrogen-bond acceptors (Lipinski definition) is 2. The smallest absolute Gasteiger partial charge is 0.246 e. The molecule has 4 atom stereocenters. The van der Waals surface area contributed by atoms with Gasteiger partial charge in [0, 0.05) is 0 Å². The molecule has 0 aromatic carbocycles. The Kier molecular flexibility index (Phi) is 3.93. The molecule has 0 aromatic rings. The Morgan fingerprint density at radius 3 is 2.50 bits per heavy atom. The van der Waals surface area contributed by atoms with Crippen LogP contribution < -0.4 is 5.73 Å². The van der Waals surface area contributed by atoms with Crippen molar-refractivity contribution in [2.45, 2.75) is 52.2 Å². The molecule has 2 N–H and O–H groups in total. The fraction of sp³-hybridized carbons (Fsp3) is 0.909. The van der Waals surface area contributed by atoms with Gasteiger partial charge in [0.05, 0.1) is 6.10 Å². The number of carbonyl (C=O) groups is 1. The molecule has 0 aromatic heterocycles. The molecular formula is C11H21NO2. The van der Waals surface area contributed by atoms with Gasteiger partial charge in [-0.05, 0) is 38.0 Å². The van der Waals surface area contributed by atoms with Crippen molar-refractivity contribution >= 4 is 5.91 Å². The number of carbonyl (C=O) groups excluding carboxylic acids is 1. The Hall–Kier alpha value is -0.570. The summed E-state index contributed by atoms with van der Waals surface area (Å²) in [6.07, 6.45) is 3.09. The van der Waals surface area contributed by atoms with Crippen LogP contribution in [-0.2, 0) is 9.53 Å². The third kappa shape index (κ3) is 2.98. The zero-order valence-corrected chi connectivity index (χ0v) is 9.32. The van der Waals surface area contributed by atoms with Gasteiger partial charge in [0.1, 0.15) is 6.10 Å². The van der Waals surface area contributed by atoms with Crippen molar-refractivity contribution in [1.29, 1.82) is 0 Å². The lowest BCUT2D eigenvalue weighted by atomic mass is 9.80. The van der Waals surface area contributed by atoms with E-state index in [4.69, 9.17) is 10.5 Å². The second-order valence-corrected chi connectivity index (χ2v) is 4.57. The molecular weight excluding hydrogens is 178 g/mol. The van der Waals surface area contributed by atoms with Crippen LogP contribution in [0.15, 0.2) is 0 Å². The van der Waals surface area contributed by atoms with E-state index in [-0.39, 0.29) is 12.0 Å². The van der Waals surface area contributed by atoms with Crippen molar-refractivity contribution in [2.24, 2.45) is 17.6 Å². The molecule has 1 rings (SSSR count). The number of nitrogens with two attached hydrogens (primary N) is 1. The molecule has 1 aliphatic rings. The lowest BCUT2D eigenvalue weighted by Gasteiger charge is -2.32. The fourth-order valence-electron chi connectivity index (χ4n) is 1.98. The molecule has 1 aliphatic carbocycles. The van der Waals surface area contributed by atoms with Crippen molar-refractivity contribution in [3.05, 3.63) is 0 Å². The molecule has 0 aliphatic heterocycles. The zero-order valence-electron chi connectivity index (χ0n) is 9.32. The Morgan fingerprint density at radius 1 is 1.36 bits per heavy atom.